The first-order valence-electron chi connectivity index (χ1n) is 8.09. The van der Waals surface area contributed by atoms with E-state index in [2.05, 4.69) is 20.3 Å². The molecule has 2 N–H and O–H groups in total. The highest BCUT2D eigenvalue weighted by Gasteiger charge is 2.24. The largest absolute Gasteiger partial charge is 0.382 e. The summed E-state index contributed by atoms with van der Waals surface area (Å²) in [5.41, 5.74) is 3.55. The smallest absolute Gasteiger partial charge is 0.176 e. The van der Waals surface area contributed by atoms with Gasteiger partial charge >= 0.3 is 0 Å². The Bertz CT molecular complexity index is 830. The Kier molecular flexibility index (Phi) is 3.74. The highest BCUT2D eigenvalue weighted by Crippen LogP contribution is 2.41. The van der Waals surface area contributed by atoms with E-state index < -0.39 is 6.10 Å². The van der Waals surface area contributed by atoms with Gasteiger partial charge in [0.1, 0.15) is 6.10 Å². The first-order chi connectivity index (χ1) is 11.7. The molecule has 2 aliphatic heterocycles. The number of nitrogens with one attached hydrogen (secondary N) is 1. The van der Waals surface area contributed by atoms with Crippen molar-refractivity contribution in [3.05, 3.63) is 48.4 Å². The lowest BCUT2D eigenvalue weighted by molar-refractivity contribution is 0.245. The fourth-order valence-electron chi connectivity index (χ4n) is 3.11. The van der Waals surface area contributed by atoms with Crippen LogP contribution in [-0.4, -0.2) is 27.8 Å². The van der Waals surface area contributed by atoms with E-state index in [9.17, 15) is 5.11 Å². The Morgan fingerprint density at radius 1 is 1.25 bits per heavy atom. The maximum Gasteiger partial charge on any atom is 0.176 e. The van der Waals surface area contributed by atoms with Gasteiger partial charge < -0.3 is 15.3 Å². The van der Waals surface area contributed by atoms with E-state index in [1.54, 1.807) is 18.6 Å². The lowest BCUT2D eigenvalue weighted by atomic mass is 9.99. The van der Waals surface area contributed by atoms with Crippen LogP contribution in [0.25, 0.3) is 0 Å². The van der Waals surface area contributed by atoms with Gasteiger partial charge in [0.2, 0.25) is 0 Å². The van der Waals surface area contributed by atoms with Crippen LogP contribution in [0.2, 0.25) is 0 Å². The third-order valence-corrected chi connectivity index (χ3v) is 4.41. The van der Waals surface area contributed by atoms with Gasteiger partial charge in [-0.3, -0.25) is 4.99 Å². The third kappa shape index (κ3) is 2.55. The van der Waals surface area contributed by atoms with Gasteiger partial charge in [-0.25, -0.2) is 9.97 Å². The Hall–Kier alpha value is -2.73. The van der Waals surface area contributed by atoms with Crippen molar-refractivity contribution in [1.29, 1.82) is 0 Å². The van der Waals surface area contributed by atoms with Crippen LogP contribution >= 0.6 is 0 Å². The number of hydrogen-bond acceptors (Lipinski definition) is 6. The van der Waals surface area contributed by atoms with Crippen LogP contribution in [0.5, 0.6) is 0 Å². The average molecular weight is 321 g/mol. The summed E-state index contributed by atoms with van der Waals surface area (Å²) in [5.74, 6) is 1.51. The minimum absolute atomic E-state index is 0.687. The number of rotatable bonds is 2. The van der Waals surface area contributed by atoms with E-state index in [4.69, 9.17) is 0 Å². The molecule has 4 rings (SSSR count). The van der Waals surface area contributed by atoms with Gasteiger partial charge in [-0.05, 0) is 37.0 Å². The van der Waals surface area contributed by atoms with Crippen LogP contribution in [0.4, 0.5) is 23.0 Å². The first kappa shape index (κ1) is 14.8. The monoisotopic (exact) mass is 321 g/mol. The second-order valence-electron chi connectivity index (χ2n) is 5.99. The molecule has 2 aliphatic rings. The quantitative estimate of drug-likeness (QED) is 0.886. The van der Waals surface area contributed by atoms with Gasteiger partial charge in [0.05, 0.1) is 17.1 Å². The van der Waals surface area contributed by atoms with Crippen LogP contribution in [0.1, 0.15) is 30.9 Å². The zero-order chi connectivity index (χ0) is 16.5. The number of aliphatic hydroxyl groups is 1. The molecule has 0 saturated heterocycles. The molecule has 6 heteroatoms. The second-order valence-corrected chi connectivity index (χ2v) is 5.99. The second kappa shape index (κ2) is 6.05. The van der Waals surface area contributed by atoms with E-state index in [1.165, 1.54) is 0 Å². The number of nitrogens with zero attached hydrogens (tertiary/aromatic N) is 4. The molecule has 0 saturated carbocycles. The van der Waals surface area contributed by atoms with Crippen LogP contribution in [0.3, 0.4) is 0 Å². The molecule has 6 nitrogen and oxygen atoms in total. The molecular formula is C18H19N5O. The summed E-state index contributed by atoms with van der Waals surface area (Å²) in [5, 5.41) is 14.0. The molecule has 1 aromatic carbocycles. The van der Waals surface area contributed by atoms with Crippen molar-refractivity contribution in [2.45, 2.75) is 25.4 Å². The van der Waals surface area contributed by atoms with Crippen molar-refractivity contribution in [2.24, 2.45) is 4.99 Å². The first-order valence-corrected chi connectivity index (χ1v) is 8.09. The molecule has 1 atom stereocenters. The molecule has 2 aromatic rings. The summed E-state index contributed by atoms with van der Waals surface area (Å²) in [4.78, 5) is 15.1. The summed E-state index contributed by atoms with van der Waals surface area (Å²) >= 11 is 0. The zero-order valence-corrected chi connectivity index (χ0v) is 13.5. The summed E-state index contributed by atoms with van der Waals surface area (Å²) < 4.78 is 0. The third-order valence-electron chi connectivity index (χ3n) is 4.41. The summed E-state index contributed by atoms with van der Waals surface area (Å²) in [7, 11) is 1.96. The summed E-state index contributed by atoms with van der Waals surface area (Å²) in [6, 6.07) is 5.90. The Balaban J connectivity index is 1.67. The van der Waals surface area contributed by atoms with Gasteiger partial charge in [-0.2, -0.15) is 0 Å². The molecule has 3 heterocycles. The molecule has 0 fully saturated rings. The zero-order valence-electron chi connectivity index (χ0n) is 13.5. The van der Waals surface area contributed by atoms with E-state index in [0.717, 1.165) is 47.7 Å². The van der Waals surface area contributed by atoms with Gasteiger partial charge in [-0.15, -0.1) is 0 Å². The lowest BCUT2D eigenvalue weighted by Crippen LogP contribution is -2.20. The van der Waals surface area contributed by atoms with Gasteiger partial charge in [-0.1, -0.05) is 12.1 Å². The van der Waals surface area contributed by atoms with Crippen LogP contribution < -0.4 is 10.2 Å². The molecule has 122 valence electrons. The van der Waals surface area contributed by atoms with Gasteiger partial charge in [0.25, 0.3) is 0 Å². The molecule has 0 bridgehead atoms. The van der Waals surface area contributed by atoms with Crippen molar-refractivity contribution in [1.82, 2.24) is 9.97 Å². The van der Waals surface area contributed by atoms with Crippen LogP contribution in [0.15, 0.2) is 47.9 Å². The number of aromatic nitrogens is 2. The topological polar surface area (TPSA) is 73.6 Å². The van der Waals surface area contributed by atoms with E-state index in [0.29, 0.717) is 5.82 Å². The average Bonchev–Trinajstić information content (AvgIpc) is 2.90. The molecule has 1 unspecified atom stereocenters. The van der Waals surface area contributed by atoms with Gasteiger partial charge in [0.15, 0.2) is 11.6 Å². The number of anilines is 4. The Morgan fingerprint density at radius 2 is 2.12 bits per heavy atom. The minimum atomic E-state index is -0.687. The maximum atomic E-state index is 10.7. The number of aliphatic imine (C=N–C) groups is 1. The molecule has 24 heavy (non-hydrogen) atoms. The van der Waals surface area contributed by atoms with Crippen molar-refractivity contribution >= 4 is 28.7 Å². The number of hydrogen-bond donors (Lipinski definition) is 2. The Labute approximate surface area is 140 Å². The lowest BCUT2D eigenvalue weighted by Gasteiger charge is -2.29. The summed E-state index contributed by atoms with van der Waals surface area (Å²) in [6.45, 7) is 0. The predicted octanol–water partition coefficient (Wildman–Crippen LogP) is 3.47. The SMILES string of the molecule is CN1c2ccc(C(O)C3=NC=CCCC3)cc2Nc2nccnc21. The van der Waals surface area contributed by atoms with Crippen molar-refractivity contribution in [3.8, 4) is 0 Å². The molecular weight excluding hydrogens is 302 g/mol. The van der Waals surface area contributed by atoms with E-state index in [-0.39, 0.29) is 0 Å². The molecule has 0 radical (unpaired) electrons. The highest BCUT2D eigenvalue weighted by molar-refractivity contribution is 5.92. The number of fused-ring (bicyclic) bond motifs is 2. The number of benzene rings is 1. The highest BCUT2D eigenvalue weighted by atomic mass is 16.3. The molecule has 0 aliphatic carbocycles. The maximum absolute atomic E-state index is 10.7. The fraction of sp³-hybridized carbons (Fsp3) is 0.278. The molecule has 1 aromatic heterocycles. The molecule has 0 spiro atoms. The van der Waals surface area contributed by atoms with Crippen LogP contribution in [0, 0.1) is 0 Å². The number of aliphatic hydroxyl groups excluding tert-OH is 1. The molecule has 0 amide bonds. The predicted molar refractivity (Wildman–Crippen MR) is 95.2 cm³/mol. The van der Waals surface area contributed by atoms with E-state index in [1.807, 2.05) is 36.2 Å². The van der Waals surface area contributed by atoms with Crippen LogP contribution in [-0.2, 0) is 0 Å². The Morgan fingerprint density at radius 3 is 3.04 bits per heavy atom. The van der Waals surface area contributed by atoms with E-state index >= 15 is 0 Å². The van der Waals surface area contributed by atoms with Crippen molar-refractivity contribution in [3.63, 3.8) is 0 Å². The van der Waals surface area contributed by atoms with Crippen molar-refractivity contribution in [2.75, 3.05) is 17.3 Å². The summed E-state index contributed by atoms with van der Waals surface area (Å²) in [6.07, 6.45) is 9.32. The van der Waals surface area contributed by atoms with Gasteiger partial charge in [0, 0.05) is 25.6 Å². The minimum Gasteiger partial charge on any atom is -0.382 e. The number of allylic oxidation sites excluding steroid dienone is 1. The standard InChI is InChI=1S/C18H19N5O/c1-23-15-7-6-12(16(24)13-5-3-2-4-8-19-13)11-14(15)22-17-18(23)21-10-9-20-17/h4,6-11,16,24H,2-3,5H2,1H3,(H,20,22). The van der Waals surface area contributed by atoms with Crippen molar-refractivity contribution < 1.29 is 5.11 Å². The fourth-order valence-corrected chi connectivity index (χ4v) is 3.11. The normalized spacial score (nSPS) is 17.2.